The highest BCUT2D eigenvalue weighted by Gasteiger charge is 2.36. The fraction of sp³-hybridized carbons (Fsp3) is 0.571. The summed E-state index contributed by atoms with van der Waals surface area (Å²) in [5.41, 5.74) is 5.68. The molecule has 0 radical (unpaired) electrons. The molecule has 5 unspecified atom stereocenters. The second-order valence-electron chi connectivity index (χ2n) is 9.59. The average Bonchev–Trinajstić information content (AvgIpc) is 3.01. The Kier molecular flexibility index (Phi) is 7.44. The van der Waals surface area contributed by atoms with E-state index in [1.807, 2.05) is 0 Å². The van der Waals surface area contributed by atoms with Gasteiger partial charge in [0.2, 0.25) is 0 Å². The topological polar surface area (TPSA) is 3.24 Å². The van der Waals surface area contributed by atoms with Crippen molar-refractivity contribution in [3.05, 3.63) is 59.7 Å². The number of benzene rings is 2. The van der Waals surface area contributed by atoms with Crippen LogP contribution in [0.2, 0.25) is 0 Å². The van der Waals surface area contributed by atoms with E-state index in [1.54, 1.807) is 5.56 Å². The van der Waals surface area contributed by atoms with E-state index in [0.717, 1.165) is 17.8 Å². The smallest absolute Gasteiger partial charge is 0.0449 e. The maximum Gasteiger partial charge on any atom is 0.0449 e. The zero-order valence-electron chi connectivity index (χ0n) is 19.5. The summed E-state index contributed by atoms with van der Waals surface area (Å²) in [4.78, 5) is 2.57. The van der Waals surface area contributed by atoms with E-state index in [-0.39, 0.29) is 0 Å². The van der Waals surface area contributed by atoms with Crippen LogP contribution >= 0.6 is 0 Å². The van der Waals surface area contributed by atoms with Crippen LogP contribution in [0.3, 0.4) is 0 Å². The largest absolute Gasteiger partial charge is 0.338 e. The molecule has 0 saturated heterocycles. The Balaban J connectivity index is 1.78. The summed E-state index contributed by atoms with van der Waals surface area (Å²) < 4.78 is 0. The molecule has 0 fully saturated rings. The van der Waals surface area contributed by atoms with Crippen molar-refractivity contribution in [3.8, 4) is 0 Å². The molecular weight excluding hydrogens is 350 g/mol. The molecular formula is C28H41N. The first kappa shape index (κ1) is 21.9. The molecule has 1 aliphatic rings. The Morgan fingerprint density at radius 2 is 1.69 bits per heavy atom. The third-order valence-corrected chi connectivity index (χ3v) is 7.53. The minimum Gasteiger partial charge on any atom is -0.338 e. The Morgan fingerprint density at radius 3 is 2.34 bits per heavy atom. The van der Waals surface area contributed by atoms with Gasteiger partial charge in [-0.05, 0) is 74.6 Å². The summed E-state index contributed by atoms with van der Waals surface area (Å²) in [6.07, 6.45) is 6.64. The van der Waals surface area contributed by atoms with Crippen molar-refractivity contribution >= 4 is 11.4 Å². The van der Waals surface area contributed by atoms with E-state index in [4.69, 9.17) is 0 Å². The van der Waals surface area contributed by atoms with Gasteiger partial charge >= 0.3 is 0 Å². The molecule has 29 heavy (non-hydrogen) atoms. The van der Waals surface area contributed by atoms with Crippen molar-refractivity contribution in [2.24, 2.45) is 17.8 Å². The molecule has 0 aliphatic carbocycles. The van der Waals surface area contributed by atoms with Crippen molar-refractivity contribution in [2.75, 3.05) is 4.90 Å². The summed E-state index contributed by atoms with van der Waals surface area (Å²) in [5, 5.41) is 0. The highest BCUT2D eigenvalue weighted by atomic mass is 15.2. The summed E-state index contributed by atoms with van der Waals surface area (Å²) in [6.45, 7) is 14.3. The van der Waals surface area contributed by atoms with E-state index in [0.29, 0.717) is 12.0 Å². The third kappa shape index (κ3) is 4.87. The Morgan fingerprint density at radius 1 is 0.966 bits per heavy atom. The van der Waals surface area contributed by atoms with Gasteiger partial charge in [0, 0.05) is 23.3 Å². The molecule has 0 N–H and O–H groups in total. The van der Waals surface area contributed by atoms with Crippen LogP contribution in [-0.4, -0.2) is 6.04 Å². The summed E-state index contributed by atoms with van der Waals surface area (Å²) in [5.74, 6) is 3.14. The molecule has 158 valence electrons. The van der Waals surface area contributed by atoms with Gasteiger partial charge in [0.05, 0.1) is 0 Å². The van der Waals surface area contributed by atoms with Gasteiger partial charge in [0.15, 0.2) is 0 Å². The fourth-order valence-electron chi connectivity index (χ4n) is 5.37. The van der Waals surface area contributed by atoms with Crippen LogP contribution in [0.4, 0.5) is 11.4 Å². The molecule has 1 heteroatoms. The van der Waals surface area contributed by atoms with Crippen LogP contribution in [0, 0.1) is 24.7 Å². The highest BCUT2D eigenvalue weighted by Crippen LogP contribution is 2.48. The van der Waals surface area contributed by atoms with Crippen LogP contribution in [-0.2, 0) is 0 Å². The van der Waals surface area contributed by atoms with E-state index in [2.05, 4.69) is 95.0 Å². The van der Waals surface area contributed by atoms with Crippen molar-refractivity contribution in [1.29, 1.82) is 0 Å². The van der Waals surface area contributed by atoms with Crippen LogP contribution in [0.5, 0.6) is 0 Å². The molecule has 0 spiro atoms. The number of hydrogen-bond acceptors (Lipinski definition) is 1. The van der Waals surface area contributed by atoms with Gasteiger partial charge < -0.3 is 4.90 Å². The maximum absolute atomic E-state index is 2.57. The normalized spacial score (nSPS) is 21.7. The lowest BCUT2D eigenvalue weighted by molar-refractivity contribution is 0.257. The number of aryl methyl sites for hydroxylation is 1. The Labute approximate surface area is 179 Å². The van der Waals surface area contributed by atoms with E-state index >= 15 is 0 Å². The lowest BCUT2D eigenvalue weighted by Crippen LogP contribution is -2.27. The Bertz CT molecular complexity index is 765. The molecule has 5 atom stereocenters. The highest BCUT2D eigenvalue weighted by molar-refractivity contribution is 5.72. The van der Waals surface area contributed by atoms with Gasteiger partial charge in [-0.3, -0.25) is 0 Å². The van der Waals surface area contributed by atoms with Crippen LogP contribution < -0.4 is 4.90 Å². The monoisotopic (exact) mass is 391 g/mol. The molecule has 3 rings (SSSR count). The van der Waals surface area contributed by atoms with E-state index < -0.39 is 0 Å². The number of anilines is 2. The molecule has 2 aromatic rings. The molecule has 0 saturated carbocycles. The van der Waals surface area contributed by atoms with Crippen LogP contribution in [0.25, 0.3) is 0 Å². The van der Waals surface area contributed by atoms with Gasteiger partial charge in [-0.2, -0.15) is 0 Å². The maximum atomic E-state index is 2.57. The van der Waals surface area contributed by atoms with Crippen LogP contribution in [0.1, 0.15) is 83.8 Å². The zero-order valence-corrected chi connectivity index (χ0v) is 19.5. The van der Waals surface area contributed by atoms with Crippen molar-refractivity contribution in [2.45, 2.75) is 85.6 Å². The first-order valence-electron chi connectivity index (χ1n) is 11.9. The molecule has 1 nitrogen and oxygen atoms in total. The van der Waals surface area contributed by atoms with Crippen LogP contribution in [0.15, 0.2) is 48.5 Å². The van der Waals surface area contributed by atoms with Gasteiger partial charge in [-0.15, -0.1) is 0 Å². The predicted molar refractivity (Wildman–Crippen MR) is 128 cm³/mol. The van der Waals surface area contributed by atoms with E-state index in [1.165, 1.54) is 49.0 Å². The average molecular weight is 392 g/mol. The molecule has 0 aromatic heterocycles. The van der Waals surface area contributed by atoms with Gasteiger partial charge in [-0.1, -0.05) is 76.4 Å². The lowest BCUT2D eigenvalue weighted by Gasteiger charge is -2.29. The minimum absolute atomic E-state index is 0.510. The number of nitrogens with zero attached hydrogens (tertiary/aromatic N) is 1. The molecule has 0 bridgehead atoms. The third-order valence-electron chi connectivity index (χ3n) is 7.53. The standard InChI is InChI=1S/C28H41N/c1-7-20(3)18-24(8-2)22(5)15-16-26-23(6)29(25-12-10-9-11-13-25)28-17-14-21(4)19-27(26)28/h9-14,17,19-20,22-24,26H,7-8,15-16,18H2,1-6H3. The zero-order chi connectivity index (χ0) is 21.0. The lowest BCUT2D eigenvalue weighted by atomic mass is 9.79. The number of fused-ring (bicyclic) bond motifs is 1. The minimum atomic E-state index is 0.510. The molecule has 1 heterocycles. The molecule has 1 aliphatic heterocycles. The summed E-state index contributed by atoms with van der Waals surface area (Å²) in [7, 11) is 0. The number of para-hydroxylation sites is 1. The van der Waals surface area contributed by atoms with Crippen molar-refractivity contribution in [3.63, 3.8) is 0 Å². The fourth-order valence-corrected chi connectivity index (χ4v) is 5.37. The first-order chi connectivity index (χ1) is 14.0. The quantitative estimate of drug-likeness (QED) is 0.414. The van der Waals surface area contributed by atoms with Crippen molar-refractivity contribution < 1.29 is 0 Å². The second kappa shape index (κ2) is 9.83. The number of hydrogen-bond donors (Lipinski definition) is 0. The predicted octanol–water partition coefficient (Wildman–Crippen LogP) is 8.50. The first-order valence-corrected chi connectivity index (χ1v) is 11.9. The molecule has 0 amide bonds. The summed E-state index contributed by atoms with van der Waals surface area (Å²) in [6, 6.07) is 18.5. The second-order valence-corrected chi connectivity index (χ2v) is 9.59. The van der Waals surface area contributed by atoms with E-state index in [9.17, 15) is 0 Å². The summed E-state index contributed by atoms with van der Waals surface area (Å²) >= 11 is 0. The number of rotatable bonds is 9. The van der Waals surface area contributed by atoms with Gasteiger partial charge in [0.25, 0.3) is 0 Å². The molecule has 2 aromatic carbocycles. The van der Waals surface area contributed by atoms with Crippen molar-refractivity contribution in [1.82, 2.24) is 0 Å². The SMILES string of the molecule is CCC(C)CC(CC)C(C)CCC1c2cc(C)ccc2N(c2ccccc2)C1C. The Hall–Kier alpha value is -1.76. The van der Waals surface area contributed by atoms with Gasteiger partial charge in [-0.25, -0.2) is 0 Å². The van der Waals surface area contributed by atoms with Gasteiger partial charge in [0.1, 0.15) is 0 Å².